The topological polar surface area (TPSA) is 43.1 Å². The highest BCUT2D eigenvalue weighted by Crippen LogP contribution is 2.16. The summed E-state index contributed by atoms with van der Waals surface area (Å²) in [5, 5.41) is 9.96. The lowest BCUT2D eigenvalue weighted by Crippen LogP contribution is -1.92. The molecule has 0 saturated heterocycles. The van der Waals surface area contributed by atoms with Crippen LogP contribution in [0.3, 0.4) is 0 Å². The van der Waals surface area contributed by atoms with Crippen molar-refractivity contribution in [2.45, 2.75) is 0 Å². The minimum Gasteiger partial charge on any atom is -0.258 e. The van der Waals surface area contributed by atoms with Crippen molar-refractivity contribution in [3.05, 3.63) is 39.9 Å². The lowest BCUT2D eigenvalue weighted by molar-refractivity contribution is -0.387. The predicted molar refractivity (Wildman–Crippen MR) is 31.8 cm³/mol. The Bertz CT molecular complexity index is 301. The summed E-state index contributed by atoms with van der Waals surface area (Å²) in [4.78, 5) is 8.97. The SMILES string of the molecule is O=[N+]([O-])c1cc(F)[c]cc1F. The van der Waals surface area contributed by atoms with Crippen molar-refractivity contribution in [2.24, 2.45) is 0 Å². The third kappa shape index (κ3) is 1.49. The predicted octanol–water partition coefficient (Wildman–Crippen LogP) is 1.67. The van der Waals surface area contributed by atoms with Crippen LogP contribution in [0.5, 0.6) is 0 Å². The molecule has 0 spiro atoms. The minimum atomic E-state index is -1.09. The first-order chi connectivity index (χ1) is 5.11. The smallest absolute Gasteiger partial charge is 0.258 e. The zero-order chi connectivity index (χ0) is 8.43. The zero-order valence-corrected chi connectivity index (χ0v) is 5.17. The molecule has 11 heavy (non-hydrogen) atoms. The van der Waals surface area contributed by atoms with E-state index in [2.05, 4.69) is 0 Å². The maximum atomic E-state index is 12.4. The highest BCUT2D eigenvalue weighted by Gasteiger charge is 2.13. The fraction of sp³-hybridized carbons (Fsp3) is 0. The molecule has 1 aromatic rings. The summed E-state index contributed by atoms with van der Waals surface area (Å²) in [6, 6.07) is 2.92. The van der Waals surface area contributed by atoms with Crippen LogP contribution >= 0.6 is 0 Å². The standard InChI is InChI=1S/C6H2F2NO2/c7-4-1-2-5(8)6(3-4)9(10)11/h2-3H. The Morgan fingerprint density at radius 1 is 1.55 bits per heavy atom. The van der Waals surface area contributed by atoms with Crippen LogP contribution in [0.25, 0.3) is 0 Å². The Morgan fingerprint density at radius 2 is 2.18 bits per heavy atom. The molecular formula is C6H2F2NO2. The average molecular weight is 158 g/mol. The van der Waals surface area contributed by atoms with Crippen LogP contribution in [0.4, 0.5) is 14.5 Å². The Hall–Kier alpha value is -1.52. The zero-order valence-electron chi connectivity index (χ0n) is 5.17. The van der Waals surface area contributed by atoms with Crippen molar-refractivity contribution in [2.75, 3.05) is 0 Å². The molecule has 5 heteroatoms. The number of nitro groups is 1. The van der Waals surface area contributed by atoms with Gasteiger partial charge in [-0.05, 0) is 6.07 Å². The molecule has 0 heterocycles. The maximum Gasteiger partial charge on any atom is 0.307 e. The van der Waals surface area contributed by atoms with Gasteiger partial charge in [0.25, 0.3) is 0 Å². The monoisotopic (exact) mass is 158 g/mol. The van der Waals surface area contributed by atoms with Gasteiger partial charge in [-0.15, -0.1) is 0 Å². The summed E-state index contributed by atoms with van der Waals surface area (Å²) < 4.78 is 24.6. The fourth-order valence-corrected chi connectivity index (χ4v) is 0.577. The van der Waals surface area contributed by atoms with Gasteiger partial charge in [0.1, 0.15) is 5.82 Å². The molecule has 0 saturated carbocycles. The molecule has 0 unspecified atom stereocenters. The first-order valence-electron chi connectivity index (χ1n) is 2.62. The second kappa shape index (κ2) is 2.61. The molecule has 0 N–H and O–H groups in total. The summed E-state index contributed by atoms with van der Waals surface area (Å²) in [7, 11) is 0. The van der Waals surface area contributed by atoms with Crippen molar-refractivity contribution in [1.82, 2.24) is 0 Å². The lowest BCUT2D eigenvalue weighted by atomic mass is 10.3. The first kappa shape index (κ1) is 7.59. The van der Waals surface area contributed by atoms with Crippen LogP contribution in [-0.4, -0.2) is 4.92 Å². The van der Waals surface area contributed by atoms with Gasteiger partial charge < -0.3 is 0 Å². The molecule has 0 aliphatic carbocycles. The highest BCUT2D eigenvalue weighted by molar-refractivity contribution is 5.31. The first-order valence-corrected chi connectivity index (χ1v) is 2.62. The van der Waals surface area contributed by atoms with Gasteiger partial charge in [0, 0.05) is 6.07 Å². The molecule has 0 aromatic heterocycles. The van der Waals surface area contributed by atoms with Crippen molar-refractivity contribution >= 4 is 5.69 Å². The van der Waals surface area contributed by atoms with Crippen molar-refractivity contribution in [3.8, 4) is 0 Å². The second-order valence-electron chi connectivity index (χ2n) is 1.77. The summed E-state index contributed by atoms with van der Waals surface area (Å²) in [6.07, 6.45) is 0. The molecule has 0 aliphatic rings. The number of rotatable bonds is 1. The average Bonchev–Trinajstić information content (AvgIpc) is 1.94. The molecule has 57 valence electrons. The van der Waals surface area contributed by atoms with Gasteiger partial charge >= 0.3 is 5.69 Å². The van der Waals surface area contributed by atoms with Crippen molar-refractivity contribution in [3.63, 3.8) is 0 Å². The number of hydrogen-bond donors (Lipinski definition) is 0. The molecular weight excluding hydrogens is 156 g/mol. The van der Waals surface area contributed by atoms with Gasteiger partial charge in [0.05, 0.1) is 11.0 Å². The van der Waals surface area contributed by atoms with Crippen LogP contribution < -0.4 is 0 Å². The highest BCUT2D eigenvalue weighted by atomic mass is 19.1. The summed E-state index contributed by atoms with van der Waals surface area (Å²) >= 11 is 0. The molecule has 3 nitrogen and oxygen atoms in total. The summed E-state index contributed by atoms with van der Waals surface area (Å²) in [5.41, 5.74) is -0.874. The van der Waals surface area contributed by atoms with E-state index >= 15 is 0 Å². The van der Waals surface area contributed by atoms with Gasteiger partial charge in [-0.3, -0.25) is 10.1 Å². The third-order valence-corrected chi connectivity index (χ3v) is 1.04. The van der Waals surface area contributed by atoms with Gasteiger partial charge in [-0.2, -0.15) is 4.39 Å². The molecule has 1 rings (SSSR count). The van der Waals surface area contributed by atoms with E-state index < -0.39 is 22.2 Å². The molecule has 0 bridgehead atoms. The molecule has 0 fully saturated rings. The van der Waals surface area contributed by atoms with E-state index in [-0.39, 0.29) is 0 Å². The number of hydrogen-bond acceptors (Lipinski definition) is 2. The molecule has 1 aromatic carbocycles. The van der Waals surface area contributed by atoms with E-state index in [9.17, 15) is 18.9 Å². The fourth-order valence-electron chi connectivity index (χ4n) is 0.577. The molecule has 0 aliphatic heterocycles. The molecule has 0 amide bonds. The Balaban J connectivity index is 3.23. The minimum absolute atomic E-state index is 0.481. The van der Waals surface area contributed by atoms with E-state index in [4.69, 9.17) is 0 Å². The Kier molecular flexibility index (Phi) is 1.80. The molecule has 0 atom stereocenters. The Morgan fingerprint density at radius 3 is 2.64 bits per heavy atom. The quantitative estimate of drug-likeness (QED) is 0.460. The van der Waals surface area contributed by atoms with Crippen molar-refractivity contribution < 1.29 is 13.7 Å². The number of nitrogens with zero attached hydrogens (tertiary/aromatic N) is 1. The summed E-state index contributed by atoms with van der Waals surface area (Å²) in [6.45, 7) is 0. The van der Waals surface area contributed by atoms with E-state index in [1.807, 2.05) is 6.07 Å². The number of halogens is 2. The molecule has 1 radical (unpaired) electrons. The van der Waals surface area contributed by atoms with E-state index in [1.54, 1.807) is 0 Å². The van der Waals surface area contributed by atoms with Crippen LogP contribution in [0.2, 0.25) is 0 Å². The van der Waals surface area contributed by atoms with E-state index in [1.165, 1.54) is 0 Å². The second-order valence-corrected chi connectivity index (χ2v) is 1.77. The number of benzene rings is 1. The van der Waals surface area contributed by atoms with E-state index in [0.29, 0.717) is 12.1 Å². The van der Waals surface area contributed by atoms with Gasteiger partial charge in [-0.1, -0.05) is 0 Å². The van der Waals surface area contributed by atoms with Crippen molar-refractivity contribution in [1.29, 1.82) is 0 Å². The Labute approximate surface area is 60.4 Å². The van der Waals surface area contributed by atoms with E-state index in [0.717, 1.165) is 0 Å². The van der Waals surface area contributed by atoms with Crippen LogP contribution in [0.1, 0.15) is 0 Å². The lowest BCUT2D eigenvalue weighted by Gasteiger charge is -1.91. The van der Waals surface area contributed by atoms with Crippen LogP contribution in [-0.2, 0) is 0 Å². The van der Waals surface area contributed by atoms with Gasteiger partial charge in [-0.25, -0.2) is 4.39 Å². The number of nitro benzene ring substituents is 1. The largest absolute Gasteiger partial charge is 0.307 e. The summed E-state index contributed by atoms with van der Waals surface area (Å²) in [5.74, 6) is -2.03. The van der Waals surface area contributed by atoms with Gasteiger partial charge in [0.15, 0.2) is 0 Å². The third-order valence-electron chi connectivity index (χ3n) is 1.04. The van der Waals surface area contributed by atoms with Crippen LogP contribution in [0.15, 0.2) is 12.1 Å². The normalized spacial score (nSPS) is 9.64. The van der Waals surface area contributed by atoms with Crippen LogP contribution in [0, 0.1) is 27.8 Å². The maximum absolute atomic E-state index is 12.4. The van der Waals surface area contributed by atoms with Gasteiger partial charge in [0.2, 0.25) is 5.82 Å².